The van der Waals surface area contributed by atoms with Crippen LogP contribution in [0, 0.1) is 5.92 Å². The van der Waals surface area contributed by atoms with Crippen LogP contribution in [-0.2, 0) is 9.53 Å². The Hall–Kier alpha value is -0.280. The number of hydrogen-bond donors (Lipinski definition) is 1. The van der Waals surface area contributed by atoms with Gasteiger partial charge < -0.3 is 10.1 Å². The summed E-state index contributed by atoms with van der Waals surface area (Å²) in [4.78, 5) is 11.1. The molecule has 0 rings (SSSR count). The number of rotatable bonds is 4. The van der Waals surface area contributed by atoms with Crippen LogP contribution in [0.25, 0.3) is 0 Å². The molecule has 0 amide bonds. The Bertz CT molecular complexity index is 128. The first-order valence-electron chi connectivity index (χ1n) is 3.97. The van der Waals surface area contributed by atoms with E-state index in [-0.39, 0.29) is 30.3 Å². The summed E-state index contributed by atoms with van der Waals surface area (Å²) in [6.45, 7) is 6.23. The van der Waals surface area contributed by atoms with Gasteiger partial charge in [-0.25, -0.2) is 0 Å². The summed E-state index contributed by atoms with van der Waals surface area (Å²) in [6, 6.07) is -0.171. The van der Waals surface area contributed by atoms with Crippen molar-refractivity contribution in [2.75, 3.05) is 13.7 Å². The number of nitrogens with one attached hydrogen (secondary N) is 1. The smallest absolute Gasteiger partial charge is 0.323 e. The van der Waals surface area contributed by atoms with Gasteiger partial charge >= 0.3 is 5.97 Å². The van der Waals surface area contributed by atoms with Gasteiger partial charge in [-0.3, -0.25) is 4.79 Å². The van der Waals surface area contributed by atoms with Crippen LogP contribution in [0.2, 0.25) is 0 Å². The number of hydrogen-bond acceptors (Lipinski definition) is 3. The molecule has 12 heavy (non-hydrogen) atoms. The lowest BCUT2D eigenvalue weighted by Crippen LogP contribution is -2.39. The highest BCUT2D eigenvalue weighted by Crippen LogP contribution is 2.02. The second kappa shape index (κ2) is 7.37. The number of likely N-dealkylation sites (N-methyl/N-ethyl adjacent to an activating group) is 1. The van der Waals surface area contributed by atoms with Crippen LogP contribution in [0.1, 0.15) is 20.8 Å². The third kappa shape index (κ3) is 4.57. The predicted octanol–water partition coefficient (Wildman–Crippen LogP) is 1.22. The zero-order valence-corrected chi connectivity index (χ0v) is 8.90. The molecule has 0 aromatic heterocycles. The van der Waals surface area contributed by atoms with Crippen molar-refractivity contribution in [3.63, 3.8) is 0 Å². The van der Waals surface area contributed by atoms with E-state index in [1.54, 1.807) is 7.05 Å². The lowest BCUT2D eigenvalue weighted by Gasteiger charge is -2.17. The van der Waals surface area contributed by atoms with Crippen LogP contribution in [0.4, 0.5) is 0 Å². The summed E-state index contributed by atoms with van der Waals surface area (Å²) < 4.78 is 4.85. The van der Waals surface area contributed by atoms with E-state index in [2.05, 4.69) is 5.32 Å². The standard InChI is InChI=1S/C8H17NO2.ClH/c1-5-11-8(10)7(9-4)6(2)3;/h6-7,9H,5H2,1-4H3;1H. The van der Waals surface area contributed by atoms with Crippen LogP contribution >= 0.6 is 12.4 Å². The van der Waals surface area contributed by atoms with Gasteiger partial charge in [0.05, 0.1) is 6.61 Å². The molecule has 4 heteroatoms. The van der Waals surface area contributed by atoms with E-state index in [9.17, 15) is 4.79 Å². The average molecular weight is 196 g/mol. The maximum atomic E-state index is 11.1. The number of halogens is 1. The van der Waals surface area contributed by atoms with Gasteiger partial charge in [0.1, 0.15) is 6.04 Å². The van der Waals surface area contributed by atoms with Gasteiger partial charge in [0.25, 0.3) is 0 Å². The summed E-state index contributed by atoms with van der Waals surface area (Å²) in [5.41, 5.74) is 0. The highest BCUT2D eigenvalue weighted by atomic mass is 35.5. The average Bonchev–Trinajstić information content (AvgIpc) is 1.88. The Kier molecular flexibility index (Phi) is 8.76. The maximum Gasteiger partial charge on any atom is 0.323 e. The fourth-order valence-electron chi connectivity index (χ4n) is 0.955. The highest BCUT2D eigenvalue weighted by Gasteiger charge is 2.20. The Labute approximate surface area is 80.3 Å². The molecule has 0 saturated heterocycles. The molecule has 0 saturated carbocycles. The second-order valence-corrected chi connectivity index (χ2v) is 2.76. The lowest BCUT2D eigenvalue weighted by molar-refractivity contribution is -0.146. The summed E-state index contributed by atoms with van der Waals surface area (Å²) >= 11 is 0. The summed E-state index contributed by atoms with van der Waals surface area (Å²) in [7, 11) is 1.77. The van der Waals surface area contributed by atoms with Crippen molar-refractivity contribution >= 4 is 18.4 Å². The summed E-state index contributed by atoms with van der Waals surface area (Å²) in [5, 5.41) is 2.91. The molecule has 0 radical (unpaired) electrons. The van der Waals surface area contributed by atoms with Crippen molar-refractivity contribution in [1.82, 2.24) is 5.32 Å². The number of carbonyl (C=O) groups excluding carboxylic acids is 1. The third-order valence-corrected chi connectivity index (χ3v) is 1.52. The van der Waals surface area contributed by atoms with Crippen LogP contribution in [0.3, 0.4) is 0 Å². The number of esters is 1. The van der Waals surface area contributed by atoms with E-state index in [1.165, 1.54) is 0 Å². The van der Waals surface area contributed by atoms with Crippen molar-refractivity contribution < 1.29 is 9.53 Å². The molecule has 1 atom stereocenters. The Morgan fingerprint density at radius 2 is 2.00 bits per heavy atom. The first-order valence-corrected chi connectivity index (χ1v) is 3.97. The van der Waals surface area contributed by atoms with Gasteiger partial charge in [-0.1, -0.05) is 13.8 Å². The fourth-order valence-corrected chi connectivity index (χ4v) is 0.955. The molecule has 0 fully saturated rings. The second-order valence-electron chi connectivity index (χ2n) is 2.76. The Balaban J connectivity index is 0. The van der Waals surface area contributed by atoms with E-state index in [1.807, 2.05) is 20.8 Å². The van der Waals surface area contributed by atoms with E-state index in [4.69, 9.17) is 4.74 Å². The minimum atomic E-state index is -0.171. The van der Waals surface area contributed by atoms with Crippen molar-refractivity contribution in [2.45, 2.75) is 26.8 Å². The largest absolute Gasteiger partial charge is 0.465 e. The first kappa shape index (κ1) is 14.3. The molecule has 0 aromatic rings. The summed E-state index contributed by atoms with van der Waals surface area (Å²) in [5.74, 6) is 0.115. The molecular weight excluding hydrogens is 178 g/mol. The predicted molar refractivity (Wildman–Crippen MR) is 51.6 cm³/mol. The zero-order valence-electron chi connectivity index (χ0n) is 8.09. The minimum absolute atomic E-state index is 0. The van der Waals surface area contributed by atoms with Crippen molar-refractivity contribution in [1.29, 1.82) is 0 Å². The van der Waals surface area contributed by atoms with Crippen LogP contribution in [-0.4, -0.2) is 25.7 Å². The van der Waals surface area contributed by atoms with Crippen LogP contribution < -0.4 is 5.32 Å². The molecular formula is C8H18ClNO2. The van der Waals surface area contributed by atoms with Gasteiger partial charge in [0.15, 0.2) is 0 Å². The topological polar surface area (TPSA) is 38.3 Å². The maximum absolute atomic E-state index is 11.1. The van der Waals surface area contributed by atoms with Gasteiger partial charge in [0.2, 0.25) is 0 Å². The van der Waals surface area contributed by atoms with Gasteiger partial charge in [-0.15, -0.1) is 12.4 Å². The normalized spacial score (nSPS) is 12.1. The molecule has 0 aliphatic rings. The zero-order chi connectivity index (χ0) is 8.85. The van der Waals surface area contributed by atoms with Crippen molar-refractivity contribution in [3.8, 4) is 0 Å². The van der Waals surface area contributed by atoms with E-state index >= 15 is 0 Å². The summed E-state index contributed by atoms with van der Waals surface area (Å²) in [6.07, 6.45) is 0. The molecule has 0 heterocycles. The highest BCUT2D eigenvalue weighted by molar-refractivity contribution is 5.85. The molecule has 0 aromatic carbocycles. The van der Waals surface area contributed by atoms with Crippen LogP contribution in [0.15, 0.2) is 0 Å². The molecule has 0 aliphatic heterocycles. The molecule has 1 N–H and O–H groups in total. The minimum Gasteiger partial charge on any atom is -0.465 e. The van der Waals surface area contributed by atoms with Gasteiger partial charge in [-0.2, -0.15) is 0 Å². The molecule has 1 unspecified atom stereocenters. The first-order chi connectivity index (χ1) is 5.13. The van der Waals surface area contributed by atoms with Gasteiger partial charge in [0, 0.05) is 0 Å². The lowest BCUT2D eigenvalue weighted by atomic mass is 10.1. The van der Waals surface area contributed by atoms with Crippen molar-refractivity contribution in [2.24, 2.45) is 5.92 Å². The van der Waals surface area contributed by atoms with Crippen LogP contribution in [0.5, 0.6) is 0 Å². The SMILES string of the molecule is CCOC(=O)C(NC)C(C)C.Cl. The monoisotopic (exact) mass is 195 g/mol. The Morgan fingerprint density at radius 1 is 1.50 bits per heavy atom. The molecule has 0 aliphatic carbocycles. The molecule has 0 spiro atoms. The quantitative estimate of drug-likeness (QED) is 0.686. The molecule has 0 bridgehead atoms. The van der Waals surface area contributed by atoms with Gasteiger partial charge in [-0.05, 0) is 19.9 Å². The number of ether oxygens (including phenoxy) is 1. The fraction of sp³-hybridized carbons (Fsp3) is 0.875. The van der Waals surface area contributed by atoms with Crippen molar-refractivity contribution in [3.05, 3.63) is 0 Å². The third-order valence-electron chi connectivity index (χ3n) is 1.52. The van der Waals surface area contributed by atoms with E-state index in [0.717, 1.165) is 0 Å². The number of carbonyl (C=O) groups is 1. The molecule has 3 nitrogen and oxygen atoms in total. The Morgan fingerprint density at radius 3 is 2.25 bits per heavy atom. The van der Waals surface area contributed by atoms with E-state index in [0.29, 0.717) is 6.61 Å². The molecule has 74 valence electrons. The van der Waals surface area contributed by atoms with E-state index < -0.39 is 0 Å².